The van der Waals surface area contributed by atoms with Gasteiger partial charge in [-0.15, -0.1) is 24.0 Å². The number of nitrogens with zero attached hydrogens (tertiary/aromatic N) is 2. The van der Waals surface area contributed by atoms with Crippen LogP contribution in [0.1, 0.15) is 70.4 Å². The lowest BCUT2D eigenvalue weighted by Crippen LogP contribution is -2.49. The molecule has 1 saturated heterocycles. The molecule has 164 valence electrons. The molecule has 1 aliphatic carbocycles. The van der Waals surface area contributed by atoms with E-state index in [4.69, 9.17) is 4.99 Å². The van der Waals surface area contributed by atoms with Gasteiger partial charge >= 0.3 is 0 Å². The summed E-state index contributed by atoms with van der Waals surface area (Å²) in [5, 5.41) is 17.7. The first-order valence-corrected chi connectivity index (χ1v) is 11.2. The van der Waals surface area contributed by atoms with Gasteiger partial charge in [0.15, 0.2) is 5.96 Å². The van der Waals surface area contributed by atoms with Crippen molar-refractivity contribution >= 4 is 29.9 Å². The number of aliphatic imine (C=N–C) groups is 1. The van der Waals surface area contributed by atoms with Crippen molar-refractivity contribution in [3.8, 4) is 0 Å². The number of hydrogen-bond donors (Lipinski definition) is 3. The summed E-state index contributed by atoms with van der Waals surface area (Å²) in [7, 11) is 0. The van der Waals surface area contributed by atoms with E-state index in [2.05, 4.69) is 59.7 Å². The number of halogens is 1. The van der Waals surface area contributed by atoms with E-state index in [0.717, 1.165) is 64.1 Å². The highest BCUT2D eigenvalue weighted by Gasteiger charge is 2.29. The number of likely N-dealkylation sites (tertiary alicyclic amines) is 1. The molecule has 1 heterocycles. The highest BCUT2D eigenvalue weighted by atomic mass is 127. The van der Waals surface area contributed by atoms with Gasteiger partial charge < -0.3 is 15.7 Å². The average Bonchev–Trinajstić information content (AvgIpc) is 2.73. The molecule has 0 spiro atoms. The van der Waals surface area contributed by atoms with Crippen molar-refractivity contribution in [3.63, 3.8) is 0 Å². The van der Waals surface area contributed by atoms with E-state index in [1.807, 2.05) is 0 Å². The Bertz CT molecular complexity index is 611. The molecule has 1 aliphatic heterocycles. The van der Waals surface area contributed by atoms with Crippen LogP contribution in [0.15, 0.2) is 35.3 Å². The van der Waals surface area contributed by atoms with Gasteiger partial charge in [0.25, 0.3) is 0 Å². The summed E-state index contributed by atoms with van der Waals surface area (Å²) in [4.78, 5) is 7.31. The lowest BCUT2D eigenvalue weighted by atomic mass is 9.85. The molecule has 0 aromatic heterocycles. The summed E-state index contributed by atoms with van der Waals surface area (Å²) in [6.45, 7) is 7.94. The first-order valence-electron chi connectivity index (χ1n) is 11.2. The second-order valence-corrected chi connectivity index (χ2v) is 8.52. The topological polar surface area (TPSA) is 59.9 Å². The fourth-order valence-corrected chi connectivity index (χ4v) is 4.48. The first kappa shape index (κ1) is 24.4. The van der Waals surface area contributed by atoms with E-state index < -0.39 is 5.60 Å². The van der Waals surface area contributed by atoms with Crippen molar-refractivity contribution in [2.75, 3.05) is 26.2 Å². The van der Waals surface area contributed by atoms with Crippen LogP contribution >= 0.6 is 24.0 Å². The molecule has 3 N–H and O–H groups in total. The third kappa shape index (κ3) is 7.40. The molecule has 1 atom stereocenters. The lowest BCUT2D eigenvalue weighted by Gasteiger charge is -2.37. The Morgan fingerprint density at radius 3 is 2.45 bits per heavy atom. The first-order chi connectivity index (χ1) is 13.6. The third-order valence-electron chi connectivity index (χ3n) is 6.36. The minimum Gasteiger partial charge on any atom is -0.388 e. The van der Waals surface area contributed by atoms with Crippen LogP contribution in [0.4, 0.5) is 0 Å². The van der Waals surface area contributed by atoms with E-state index in [0.29, 0.717) is 18.6 Å². The van der Waals surface area contributed by atoms with Crippen molar-refractivity contribution in [1.82, 2.24) is 15.5 Å². The van der Waals surface area contributed by atoms with Crippen LogP contribution in [-0.4, -0.2) is 53.8 Å². The van der Waals surface area contributed by atoms with Gasteiger partial charge in [-0.2, -0.15) is 0 Å². The van der Waals surface area contributed by atoms with Gasteiger partial charge in [0.1, 0.15) is 0 Å². The standard InChI is InChI=1S/C23H38N4O.HI/c1-3-24-22(25-18-23(28)14-8-5-9-15-23)26-21-12-16-27(17-13-21)19(2)20-10-6-4-7-11-20;/h4,6-7,10-11,19,21,28H,3,5,8-9,12-18H2,1-2H3,(H2,24,25,26);1H. The molecular weight excluding hydrogens is 475 g/mol. The number of rotatable bonds is 6. The van der Waals surface area contributed by atoms with Gasteiger partial charge in [0.05, 0.1) is 12.1 Å². The molecule has 5 nitrogen and oxygen atoms in total. The van der Waals surface area contributed by atoms with E-state index in [1.54, 1.807) is 0 Å². The summed E-state index contributed by atoms with van der Waals surface area (Å²) in [6.07, 6.45) is 7.47. The zero-order valence-electron chi connectivity index (χ0n) is 18.1. The van der Waals surface area contributed by atoms with Gasteiger partial charge in [-0.05, 0) is 45.1 Å². The van der Waals surface area contributed by atoms with E-state index in [1.165, 1.54) is 12.0 Å². The quantitative estimate of drug-likeness (QED) is 0.304. The van der Waals surface area contributed by atoms with Crippen LogP contribution in [0.25, 0.3) is 0 Å². The Hall–Kier alpha value is -0.860. The Kier molecular flexibility index (Phi) is 10.2. The average molecular weight is 514 g/mol. The number of guanidine groups is 1. The fourth-order valence-electron chi connectivity index (χ4n) is 4.48. The summed E-state index contributed by atoms with van der Waals surface area (Å²) in [5.41, 5.74) is 0.791. The van der Waals surface area contributed by atoms with E-state index >= 15 is 0 Å². The molecular formula is C23H39IN4O. The molecule has 1 unspecified atom stereocenters. The smallest absolute Gasteiger partial charge is 0.191 e. The fraction of sp³-hybridized carbons (Fsp3) is 0.696. The molecule has 1 aromatic carbocycles. The van der Waals surface area contributed by atoms with Gasteiger partial charge in [-0.3, -0.25) is 9.89 Å². The maximum Gasteiger partial charge on any atom is 0.191 e. The second kappa shape index (κ2) is 12.1. The van der Waals surface area contributed by atoms with Crippen molar-refractivity contribution in [1.29, 1.82) is 0 Å². The van der Waals surface area contributed by atoms with Crippen molar-refractivity contribution in [3.05, 3.63) is 35.9 Å². The number of aliphatic hydroxyl groups is 1. The second-order valence-electron chi connectivity index (χ2n) is 8.52. The minimum atomic E-state index is -0.602. The summed E-state index contributed by atoms with van der Waals surface area (Å²) in [6, 6.07) is 11.7. The van der Waals surface area contributed by atoms with E-state index in [-0.39, 0.29) is 24.0 Å². The SMILES string of the molecule is CCNC(=NCC1(O)CCCCC1)NC1CCN(C(C)c2ccccc2)CC1.I. The van der Waals surface area contributed by atoms with Crippen LogP contribution < -0.4 is 10.6 Å². The Morgan fingerprint density at radius 2 is 1.83 bits per heavy atom. The maximum absolute atomic E-state index is 10.7. The number of piperidine rings is 1. The van der Waals surface area contributed by atoms with Crippen molar-refractivity contribution in [2.45, 2.75) is 76.5 Å². The molecule has 1 saturated carbocycles. The predicted molar refractivity (Wildman–Crippen MR) is 132 cm³/mol. The molecule has 2 fully saturated rings. The van der Waals surface area contributed by atoms with Crippen molar-refractivity contribution < 1.29 is 5.11 Å². The van der Waals surface area contributed by atoms with Crippen molar-refractivity contribution in [2.24, 2.45) is 4.99 Å². The summed E-state index contributed by atoms with van der Waals surface area (Å²) >= 11 is 0. The molecule has 1 aromatic rings. The van der Waals surface area contributed by atoms with Crippen LogP contribution in [0, 0.1) is 0 Å². The monoisotopic (exact) mass is 514 g/mol. The van der Waals surface area contributed by atoms with E-state index in [9.17, 15) is 5.11 Å². The molecule has 6 heteroatoms. The molecule has 3 rings (SSSR count). The Labute approximate surface area is 193 Å². The molecule has 0 bridgehead atoms. The summed E-state index contributed by atoms with van der Waals surface area (Å²) < 4.78 is 0. The van der Waals surface area contributed by atoms with Crippen LogP contribution in [0.2, 0.25) is 0 Å². The number of hydrogen-bond acceptors (Lipinski definition) is 3. The van der Waals surface area contributed by atoms with Gasteiger partial charge in [-0.1, -0.05) is 49.6 Å². The van der Waals surface area contributed by atoms with Gasteiger partial charge in [0.2, 0.25) is 0 Å². The Morgan fingerprint density at radius 1 is 1.17 bits per heavy atom. The van der Waals surface area contributed by atoms with Crippen LogP contribution in [-0.2, 0) is 0 Å². The van der Waals surface area contributed by atoms with Gasteiger partial charge in [-0.25, -0.2) is 0 Å². The number of nitrogens with one attached hydrogen (secondary N) is 2. The normalized spacial score (nSPS) is 21.8. The minimum absolute atomic E-state index is 0. The number of benzene rings is 1. The highest BCUT2D eigenvalue weighted by molar-refractivity contribution is 14.0. The maximum atomic E-state index is 10.7. The van der Waals surface area contributed by atoms with Gasteiger partial charge in [0, 0.05) is 31.7 Å². The Balaban J connectivity index is 0.00000300. The largest absolute Gasteiger partial charge is 0.388 e. The molecule has 0 amide bonds. The van der Waals surface area contributed by atoms with Crippen LogP contribution in [0.5, 0.6) is 0 Å². The predicted octanol–water partition coefficient (Wildman–Crippen LogP) is 4.08. The zero-order chi connectivity index (χ0) is 19.8. The zero-order valence-corrected chi connectivity index (χ0v) is 20.4. The molecule has 0 radical (unpaired) electrons. The highest BCUT2D eigenvalue weighted by Crippen LogP contribution is 2.28. The lowest BCUT2D eigenvalue weighted by molar-refractivity contribution is 0.0131. The third-order valence-corrected chi connectivity index (χ3v) is 6.36. The molecule has 2 aliphatic rings. The van der Waals surface area contributed by atoms with Crippen LogP contribution in [0.3, 0.4) is 0 Å². The summed E-state index contributed by atoms with van der Waals surface area (Å²) in [5.74, 6) is 0.857. The molecule has 29 heavy (non-hydrogen) atoms.